The van der Waals surface area contributed by atoms with Crippen molar-refractivity contribution < 1.29 is 14.4 Å². The standard InChI is InChI=1S/C18H12N2O3S/c1-11-8-10-24-16(11)15(21)14-7-4-9-19(14)20-17(22)12-5-2-3-6-13(12)18(20)23/h2-10H,1H3. The topological polar surface area (TPSA) is 59.4 Å². The van der Waals surface area contributed by atoms with E-state index in [1.807, 2.05) is 18.4 Å². The largest absolute Gasteiger partial charge is 0.286 e. The number of aryl methyl sites for hydroxylation is 1. The van der Waals surface area contributed by atoms with Crippen molar-refractivity contribution in [2.75, 3.05) is 5.01 Å². The molecule has 1 aliphatic rings. The number of imide groups is 1. The van der Waals surface area contributed by atoms with Gasteiger partial charge in [0.2, 0.25) is 5.78 Å². The van der Waals surface area contributed by atoms with Crippen LogP contribution in [0.15, 0.2) is 54.0 Å². The number of hydrogen-bond donors (Lipinski definition) is 0. The van der Waals surface area contributed by atoms with E-state index in [2.05, 4.69) is 0 Å². The summed E-state index contributed by atoms with van der Waals surface area (Å²) in [6.07, 6.45) is 1.55. The van der Waals surface area contributed by atoms with Gasteiger partial charge in [-0.25, -0.2) is 4.68 Å². The van der Waals surface area contributed by atoms with Gasteiger partial charge in [-0.15, -0.1) is 11.3 Å². The summed E-state index contributed by atoms with van der Waals surface area (Å²) in [5, 5.41) is 2.86. The number of carbonyl (C=O) groups is 3. The Bertz CT molecular complexity index is 964. The predicted molar refractivity (Wildman–Crippen MR) is 90.2 cm³/mol. The van der Waals surface area contributed by atoms with Crippen LogP contribution in [-0.2, 0) is 0 Å². The van der Waals surface area contributed by atoms with Crippen molar-refractivity contribution in [3.05, 3.63) is 81.3 Å². The number of thiophene rings is 1. The molecule has 0 saturated carbocycles. The molecular weight excluding hydrogens is 324 g/mol. The first-order chi connectivity index (χ1) is 11.6. The zero-order chi connectivity index (χ0) is 16.8. The van der Waals surface area contributed by atoms with Crippen LogP contribution in [0.4, 0.5) is 0 Å². The molecule has 4 rings (SSSR count). The number of ketones is 1. The Morgan fingerprint density at radius 3 is 2.21 bits per heavy atom. The van der Waals surface area contributed by atoms with E-state index in [9.17, 15) is 14.4 Å². The van der Waals surface area contributed by atoms with Gasteiger partial charge in [0, 0.05) is 6.20 Å². The molecule has 3 aromatic rings. The van der Waals surface area contributed by atoms with Gasteiger partial charge in [0.05, 0.1) is 16.0 Å². The van der Waals surface area contributed by atoms with Gasteiger partial charge in [-0.2, -0.15) is 5.01 Å². The van der Waals surface area contributed by atoms with Crippen LogP contribution in [0.1, 0.15) is 41.6 Å². The predicted octanol–water partition coefficient (Wildman–Crippen LogP) is 3.02. The maximum atomic E-state index is 12.8. The number of aromatic nitrogens is 1. The van der Waals surface area contributed by atoms with E-state index < -0.39 is 11.8 Å². The number of hydrogen-bond acceptors (Lipinski definition) is 4. The summed E-state index contributed by atoms with van der Waals surface area (Å²) in [6, 6.07) is 11.8. The summed E-state index contributed by atoms with van der Waals surface area (Å²) >= 11 is 1.34. The molecule has 0 fully saturated rings. The minimum atomic E-state index is -0.427. The molecule has 0 unspecified atom stereocenters. The summed E-state index contributed by atoms with van der Waals surface area (Å²) in [6.45, 7) is 1.86. The number of carbonyl (C=O) groups excluding carboxylic acids is 3. The van der Waals surface area contributed by atoms with Crippen LogP contribution in [0.5, 0.6) is 0 Å². The summed E-state index contributed by atoms with van der Waals surface area (Å²) in [7, 11) is 0. The lowest BCUT2D eigenvalue weighted by Gasteiger charge is -2.18. The maximum absolute atomic E-state index is 12.8. The smallest absolute Gasteiger partial charge is 0.281 e. The highest BCUT2D eigenvalue weighted by molar-refractivity contribution is 7.12. The first-order valence-electron chi connectivity index (χ1n) is 7.34. The van der Waals surface area contributed by atoms with Gasteiger partial charge < -0.3 is 0 Å². The highest BCUT2D eigenvalue weighted by atomic mass is 32.1. The van der Waals surface area contributed by atoms with Crippen molar-refractivity contribution in [1.82, 2.24) is 4.68 Å². The Hall–Kier alpha value is -2.99. The fourth-order valence-corrected chi connectivity index (χ4v) is 3.69. The molecule has 2 amide bonds. The van der Waals surface area contributed by atoms with E-state index in [1.54, 1.807) is 42.6 Å². The molecule has 0 N–H and O–H groups in total. The molecule has 3 heterocycles. The Balaban J connectivity index is 1.80. The SMILES string of the molecule is Cc1ccsc1C(=O)c1cccn1N1C(=O)c2ccccc2C1=O. The van der Waals surface area contributed by atoms with Crippen molar-refractivity contribution >= 4 is 28.9 Å². The summed E-state index contributed by atoms with van der Waals surface area (Å²) < 4.78 is 1.34. The van der Waals surface area contributed by atoms with Crippen LogP contribution in [0.3, 0.4) is 0 Å². The van der Waals surface area contributed by atoms with E-state index in [0.29, 0.717) is 16.0 Å². The van der Waals surface area contributed by atoms with E-state index in [-0.39, 0.29) is 11.5 Å². The van der Waals surface area contributed by atoms with E-state index in [0.717, 1.165) is 10.6 Å². The summed E-state index contributed by atoms with van der Waals surface area (Å²) in [4.78, 5) is 38.6. The molecule has 118 valence electrons. The molecule has 0 spiro atoms. The third-order valence-corrected chi connectivity index (χ3v) is 5.03. The normalized spacial score (nSPS) is 13.5. The second-order valence-electron chi connectivity index (χ2n) is 5.47. The minimum Gasteiger partial charge on any atom is -0.286 e. The lowest BCUT2D eigenvalue weighted by atomic mass is 10.1. The van der Waals surface area contributed by atoms with Crippen LogP contribution in [0.2, 0.25) is 0 Å². The van der Waals surface area contributed by atoms with Gasteiger partial charge >= 0.3 is 0 Å². The fraction of sp³-hybridized carbons (Fsp3) is 0.0556. The Morgan fingerprint density at radius 2 is 1.62 bits per heavy atom. The highest BCUT2D eigenvalue weighted by Gasteiger charge is 2.38. The third-order valence-electron chi connectivity index (χ3n) is 4.02. The Morgan fingerprint density at radius 1 is 0.958 bits per heavy atom. The van der Waals surface area contributed by atoms with E-state index >= 15 is 0 Å². The van der Waals surface area contributed by atoms with Crippen molar-refractivity contribution in [2.24, 2.45) is 0 Å². The first-order valence-corrected chi connectivity index (χ1v) is 8.22. The van der Waals surface area contributed by atoms with Gasteiger partial charge in [0.1, 0.15) is 5.69 Å². The molecule has 1 aromatic carbocycles. The lowest BCUT2D eigenvalue weighted by Crippen LogP contribution is -2.41. The molecule has 0 radical (unpaired) electrons. The molecule has 5 nitrogen and oxygen atoms in total. The molecule has 0 saturated heterocycles. The monoisotopic (exact) mass is 336 g/mol. The van der Waals surface area contributed by atoms with Gasteiger partial charge in [-0.3, -0.25) is 14.4 Å². The van der Waals surface area contributed by atoms with Crippen LogP contribution in [0.25, 0.3) is 0 Å². The lowest BCUT2D eigenvalue weighted by molar-refractivity contribution is 0.0884. The molecule has 0 aliphatic carbocycles. The van der Waals surface area contributed by atoms with Crippen molar-refractivity contribution in [1.29, 1.82) is 0 Å². The Kier molecular flexibility index (Phi) is 3.21. The second kappa shape index (κ2) is 5.28. The quantitative estimate of drug-likeness (QED) is 0.546. The third kappa shape index (κ3) is 1.97. The summed E-state index contributed by atoms with van der Waals surface area (Å²) in [5.41, 5.74) is 1.86. The zero-order valence-electron chi connectivity index (χ0n) is 12.7. The van der Waals surface area contributed by atoms with Crippen LogP contribution >= 0.6 is 11.3 Å². The first kappa shape index (κ1) is 14.6. The molecule has 0 atom stereocenters. The molecule has 24 heavy (non-hydrogen) atoms. The van der Waals surface area contributed by atoms with Crippen molar-refractivity contribution in [2.45, 2.75) is 6.92 Å². The van der Waals surface area contributed by atoms with Gasteiger partial charge in [0.25, 0.3) is 11.8 Å². The van der Waals surface area contributed by atoms with Gasteiger partial charge in [0.15, 0.2) is 0 Å². The molecular formula is C18H12N2O3S. The van der Waals surface area contributed by atoms with E-state index in [4.69, 9.17) is 0 Å². The van der Waals surface area contributed by atoms with E-state index in [1.165, 1.54) is 16.0 Å². The van der Waals surface area contributed by atoms with Crippen molar-refractivity contribution in [3.8, 4) is 0 Å². The number of nitrogens with zero attached hydrogens (tertiary/aromatic N) is 2. The average Bonchev–Trinajstić information content (AvgIpc) is 3.28. The fourth-order valence-electron chi connectivity index (χ4n) is 2.82. The molecule has 2 aromatic heterocycles. The van der Waals surface area contributed by atoms with Crippen LogP contribution < -0.4 is 5.01 Å². The highest BCUT2D eigenvalue weighted by Crippen LogP contribution is 2.25. The van der Waals surface area contributed by atoms with Gasteiger partial charge in [-0.1, -0.05) is 12.1 Å². The molecule has 0 bridgehead atoms. The number of fused-ring (bicyclic) bond motifs is 1. The molecule has 6 heteroatoms. The van der Waals surface area contributed by atoms with Crippen LogP contribution in [0, 0.1) is 6.92 Å². The number of rotatable bonds is 3. The van der Waals surface area contributed by atoms with Crippen LogP contribution in [-0.4, -0.2) is 22.3 Å². The minimum absolute atomic E-state index is 0.205. The number of benzene rings is 1. The van der Waals surface area contributed by atoms with Gasteiger partial charge in [-0.05, 0) is 48.2 Å². The zero-order valence-corrected chi connectivity index (χ0v) is 13.5. The Labute approximate surface area is 141 Å². The second-order valence-corrected chi connectivity index (χ2v) is 6.38. The van der Waals surface area contributed by atoms with Crippen molar-refractivity contribution in [3.63, 3.8) is 0 Å². The number of amides is 2. The maximum Gasteiger partial charge on any atom is 0.281 e. The molecule has 1 aliphatic heterocycles. The summed E-state index contributed by atoms with van der Waals surface area (Å²) in [5.74, 6) is -1.06. The average molecular weight is 336 g/mol.